The van der Waals surface area contributed by atoms with E-state index in [0.717, 1.165) is 23.1 Å². The highest BCUT2D eigenvalue weighted by atomic mass is 32.2. The lowest BCUT2D eigenvalue weighted by Crippen LogP contribution is -2.24. The van der Waals surface area contributed by atoms with Crippen LogP contribution in [-0.4, -0.2) is 49.3 Å². The molecule has 142 valence electrons. The minimum absolute atomic E-state index is 0.214. The molecule has 1 aromatic carbocycles. The largest absolute Gasteiger partial charge is 0.394 e. The number of thioether (sulfide) groups is 1. The Balaban J connectivity index is 1.59. The molecule has 3 aromatic rings. The van der Waals surface area contributed by atoms with Crippen LogP contribution in [0.3, 0.4) is 0 Å². The van der Waals surface area contributed by atoms with Crippen molar-refractivity contribution < 1.29 is 14.9 Å². The zero-order chi connectivity index (χ0) is 18.8. The summed E-state index contributed by atoms with van der Waals surface area (Å²) in [4.78, 5) is 9.75. The Morgan fingerprint density at radius 1 is 1.26 bits per heavy atom. The molecule has 4 rings (SSSR count). The van der Waals surface area contributed by atoms with Crippen molar-refractivity contribution in [1.82, 2.24) is 14.5 Å². The van der Waals surface area contributed by atoms with Crippen molar-refractivity contribution in [2.45, 2.75) is 36.2 Å². The van der Waals surface area contributed by atoms with Crippen molar-refractivity contribution in [3.63, 3.8) is 0 Å². The Bertz CT molecular complexity index is 918. The molecule has 1 saturated heterocycles. The molecule has 3 atom stereocenters. The van der Waals surface area contributed by atoms with Crippen LogP contribution in [0.4, 0.5) is 5.82 Å². The number of aliphatic hydroxyl groups excluding tert-OH is 2. The normalized spacial score (nSPS) is 22.5. The van der Waals surface area contributed by atoms with E-state index in [1.54, 1.807) is 11.8 Å². The van der Waals surface area contributed by atoms with Crippen molar-refractivity contribution in [3.8, 4) is 0 Å². The van der Waals surface area contributed by atoms with Gasteiger partial charge in [-0.1, -0.05) is 18.2 Å². The second kappa shape index (κ2) is 7.85. The van der Waals surface area contributed by atoms with Gasteiger partial charge in [0.1, 0.15) is 30.1 Å². The van der Waals surface area contributed by atoms with Gasteiger partial charge in [0.25, 0.3) is 0 Å². The van der Waals surface area contributed by atoms with Crippen molar-refractivity contribution >= 4 is 28.6 Å². The molecule has 0 bridgehead atoms. The average molecular weight is 386 g/mol. The fourth-order valence-corrected chi connectivity index (χ4v) is 4.35. The molecule has 4 N–H and O–H groups in total. The van der Waals surface area contributed by atoms with Gasteiger partial charge < -0.3 is 25.3 Å². The van der Waals surface area contributed by atoms with Crippen molar-refractivity contribution in [1.29, 1.82) is 0 Å². The van der Waals surface area contributed by atoms with Gasteiger partial charge in [-0.3, -0.25) is 0 Å². The van der Waals surface area contributed by atoms with Crippen molar-refractivity contribution in [2.75, 3.05) is 18.1 Å². The number of nitrogens with zero attached hydrogens (tertiary/aromatic N) is 3. The van der Waals surface area contributed by atoms with Crippen LogP contribution in [0.1, 0.15) is 18.2 Å². The second-order valence-electron chi connectivity index (χ2n) is 6.55. The first kappa shape index (κ1) is 18.2. The summed E-state index contributed by atoms with van der Waals surface area (Å²) in [5.41, 5.74) is 7.88. The summed E-state index contributed by atoms with van der Waals surface area (Å²) in [7, 11) is 0. The maximum atomic E-state index is 10.1. The molecule has 1 aliphatic heterocycles. The number of aromatic nitrogens is 3. The van der Waals surface area contributed by atoms with E-state index in [9.17, 15) is 10.2 Å². The van der Waals surface area contributed by atoms with E-state index in [1.807, 2.05) is 29.0 Å². The summed E-state index contributed by atoms with van der Waals surface area (Å²) >= 11 is 1.78. The standard InChI is InChI=1S/C19H22N4O3S/c20-18-17-12(6-7-27-13-4-2-1-3-5-13)9-23(19(17)22-11-21-18)16-8-14(25)15(10-24)26-16/h1-5,9,11,14-16,24-25H,6-8,10H2,(H2,20,21,22)/t14-,15+,16+/m0/s1. The first-order valence-electron chi connectivity index (χ1n) is 8.89. The molecule has 0 radical (unpaired) electrons. The number of nitrogens with two attached hydrogens (primary N) is 1. The molecule has 3 heterocycles. The number of nitrogen functional groups attached to an aromatic ring is 1. The van der Waals surface area contributed by atoms with Crippen LogP contribution < -0.4 is 5.73 Å². The van der Waals surface area contributed by atoms with Gasteiger partial charge in [-0.2, -0.15) is 0 Å². The van der Waals surface area contributed by atoms with Gasteiger partial charge in [-0.25, -0.2) is 9.97 Å². The Morgan fingerprint density at radius 3 is 2.81 bits per heavy atom. The van der Waals surface area contributed by atoms with Crippen LogP contribution in [0.2, 0.25) is 0 Å². The third-order valence-corrected chi connectivity index (χ3v) is 5.81. The van der Waals surface area contributed by atoms with E-state index in [2.05, 4.69) is 22.1 Å². The Morgan fingerprint density at radius 2 is 2.07 bits per heavy atom. The number of fused-ring (bicyclic) bond motifs is 1. The van der Waals surface area contributed by atoms with E-state index in [4.69, 9.17) is 10.5 Å². The van der Waals surface area contributed by atoms with E-state index >= 15 is 0 Å². The zero-order valence-corrected chi connectivity index (χ0v) is 15.5. The molecule has 8 heteroatoms. The third-order valence-electron chi connectivity index (χ3n) is 4.79. The van der Waals surface area contributed by atoms with E-state index < -0.39 is 12.2 Å². The van der Waals surface area contributed by atoms with Gasteiger partial charge in [0.05, 0.1) is 18.1 Å². The van der Waals surface area contributed by atoms with Crippen LogP contribution in [0.25, 0.3) is 11.0 Å². The highest BCUT2D eigenvalue weighted by Gasteiger charge is 2.35. The topological polar surface area (TPSA) is 106 Å². The van der Waals surface area contributed by atoms with Crippen LogP contribution in [0.5, 0.6) is 0 Å². The van der Waals surface area contributed by atoms with Gasteiger partial charge in [0, 0.05) is 23.3 Å². The zero-order valence-electron chi connectivity index (χ0n) is 14.7. The number of hydrogen-bond donors (Lipinski definition) is 3. The fourth-order valence-electron chi connectivity index (χ4n) is 3.44. The minimum atomic E-state index is -0.700. The van der Waals surface area contributed by atoms with Gasteiger partial charge >= 0.3 is 0 Å². The van der Waals surface area contributed by atoms with E-state index in [-0.39, 0.29) is 12.8 Å². The number of hydrogen-bond acceptors (Lipinski definition) is 7. The van der Waals surface area contributed by atoms with Crippen LogP contribution in [0, 0.1) is 0 Å². The lowest BCUT2D eigenvalue weighted by molar-refractivity contribution is -0.0430. The van der Waals surface area contributed by atoms with E-state index in [1.165, 1.54) is 11.2 Å². The molecule has 0 saturated carbocycles. The first-order chi connectivity index (χ1) is 13.2. The Kier molecular flexibility index (Phi) is 5.31. The molecule has 7 nitrogen and oxygen atoms in total. The number of benzene rings is 1. The number of aliphatic hydroxyl groups is 2. The maximum Gasteiger partial charge on any atom is 0.147 e. The van der Waals surface area contributed by atoms with Gasteiger partial charge in [-0.15, -0.1) is 11.8 Å². The quantitative estimate of drug-likeness (QED) is 0.556. The molecular weight excluding hydrogens is 364 g/mol. The Hall–Kier alpha value is -2.13. The van der Waals surface area contributed by atoms with Gasteiger partial charge in [0.2, 0.25) is 0 Å². The highest BCUT2D eigenvalue weighted by molar-refractivity contribution is 7.99. The van der Waals surface area contributed by atoms with Crippen LogP contribution >= 0.6 is 11.8 Å². The first-order valence-corrected chi connectivity index (χ1v) is 9.88. The number of aryl methyl sites for hydroxylation is 1. The lowest BCUT2D eigenvalue weighted by atomic mass is 10.2. The number of anilines is 1. The predicted octanol–water partition coefficient (Wildman–Crippen LogP) is 1.99. The number of ether oxygens (including phenoxy) is 1. The monoisotopic (exact) mass is 386 g/mol. The summed E-state index contributed by atoms with van der Waals surface area (Å²) in [6, 6.07) is 10.2. The fraction of sp³-hybridized carbons (Fsp3) is 0.368. The Labute approximate surface area is 161 Å². The highest BCUT2D eigenvalue weighted by Crippen LogP contribution is 2.34. The molecule has 0 unspecified atom stereocenters. The van der Waals surface area contributed by atoms with Crippen LogP contribution in [0.15, 0.2) is 47.8 Å². The number of rotatable bonds is 6. The van der Waals surface area contributed by atoms with Gasteiger partial charge in [-0.05, 0) is 24.1 Å². The summed E-state index contributed by atoms with van der Waals surface area (Å²) < 4.78 is 7.70. The minimum Gasteiger partial charge on any atom is -0.394 e. The molecule has 0 amide bonds. The molecule has 0 aliphatic carbocycles. The van der Waals surface area contributed by atoms with Crippen molar-refractivity contribution in [3.05, 3.63) is 48.4 Å². The van der Waals surface area contributed by atoms with Crippen LogP contribution in [-0.2, 0) is 11.2 Å². The van der Waals surface area contributed by atoms with Crippen molar-refractivity contribution in [2.24, 2.45) is 0 Å². The molecule has 2 aromatic heterocycles. The lowest BCUT2D eigenvalue weighted by Gasteiger charge is -2.14. The van der Waals surface area contributed by atoms with Gasteiger partial charge in [0.15, 0.2) is 0 Å². The summed E-state index contributed by atoms with van der Waals surface area (Å²) in [5, 5.41) is 20.2. The molecule has 1 aliphatic rings. The summed E-state index contributed by atoms with van der Waals surface area (Å²) in [5.74, 6) is 1.33. The molecule has 1 fully saturated rings. The SMILES string of the molecule is Nc1ncnc2c1c(CCSc1ccccc1)cn2[C@H]1C[C@H](O)[C@@H](CO)O1. The molecule has 27 heavy (non-hydrogen) atoms. The summed E-state index contributed by atoms with van der Waals surface area (Å²) in [6.07, 6.45) is 2.96. The average Bonchev–Trinajstić information content (AvgIpc) is 3.24. The smallest absolute Gasteiger partial charge is 0.147 e. The summed E-state index contributed by atoms with van der Waals surface area (Å²) in [6.45, 7) is -0.214. The maximum absolute atomic E-state index is 10.1. The predicted molar refractivity (Wildman–Crippen MR) is 104 cm³/mol. The molecule has 0 spiro atoms. The van der Waals surface area contributed by atoms with E-state index in [0.29, 0.717) is 17.9 Å². The third kappa shape index (κ3) is 3.66. The second-order valence-corrected chi connectivity index (χ2v) is 7.71. The molecular formula is C19H22N4O3S.